The molecular weight excluding hydrogens is 398 g/mol. The quantitative estimate of drug-likeness (QED) is 0.626. The van der Waals surface area contributed by atoms with E-state index in [1.807, 2.05) is 6.92 Å². The largest absolute Gasteiger partial charge is 0.352 e. The Bertz CT molecular complexity index is 937. The van der Waals surface area contributed by atoms with Gasteiger partial charge in [-0.2, -0.15) is 0 Å². The number of carbonyl (C=O) groups is 1. The monoisotopic (exact) mass is 429 g/mol. The number of nitrogens with one attached hydrogen (secondary N) is 2. The van der Waals surface area contributed by atoms with E-state index in [0.717, 1.165) is 31.6 Å². The summed E-state index contributed by atoms with van der Waals surface area (Å²) >= 11 is 0. The van der Waals surface area contributed by atoms with Crippen LogP contribution in [0, 0.1) is 6.92 Å². The molecule has 0 saturated carbocycles. The van der Waals surface area contributed by atoms with Crippen LogP contribution in [0.2, 0.25) is 0 Å². The van der Waals surface area contributed by atoms with Crippen LogP contribution in [0.15, 0.2) is 53.4 Å². The molecule has 1 aliphatic rings. The van der Waals surface area contributed by atoms with Crippen LogP contribution in [0.4, 0.5) is 5.69 Å². The fourth-order valence-electron chi connectivity index (χ4n) is 3.64. The van der Waals surface area contributed by atoms with Crippen LogP contribution < -0.4 is 10.0 Å². The summed E-state index contributed by atoms with van der Waals surface area (Å²) in [7, 11) is -3.70. The summed E-state index contributed by atoms with van der Waals surface area (Å²) in [5, 5.41) is 2.95. The molecule has 0 unspecified atom stereocenters. The third-order valence-electron chi connectivity index (χ3n) is 5.43. The second kappa shape index (κ2) is 10.6. The number of sulfonamides is 1. The normalized spacial score (nSPS) is 15.4. The maximum absolute atomic E-state index is 12.6. The highest BCUT2D eigenvalue weighted by atomic mass is 32.2. The van der Waals surface area contributed by atoms with E-state index in [1.54, 1.807) is 48.5 Å². The van der Waals surface area contributed by atoms with Gasteiger partial charge in [-0.25, -0.2) is 8.42 Å². The molecule has 0 aliphatic carbocycles. The number of hydrogen-bond acceptors (Lipinski definition) is 4. The second-order valence-electron chi connectivity index (χ2n) is 7.81. The molecule has 30 heavy (non-hydrogen) atoms. The molecule has 1 fully saturated rings. The minimum atomic E-state index is -3.70. The molecule has 0 bridgehead atoms. The van der Waals surface area contributed by atoms with Crippen LogP contribution in [0.5, 0.6) is 0 Å². The Hall–Kier alpha value is -2.38. The third-order valence-corrected chi connectivity index (χ3v) is 6.81. The lowest BCUT2D eigenvalue weighted by molar-refractivity contribution is 0.0951. The summed E-state index contributed by atoms with van der Waals surface area (Å²) in [5.74, 6) is -0.189. The first-order chi connectivity index (χ1) is 14.5. The minimum absolute atomic E-state index is 0.188. The van der Waals surface area contributed by atoms with E-state index in [-0.39, 0.29) is 10.8 Å². The fraction of sp³-hybridized carbons (Fsp3) is 0.435. The second-order valence-corrected chi connectivity index (χ2v) is 9.50. The Morgan fingerprint density at radius 2 is 1.70 bits per heavy atom. The molecule has 3 rings (SSSR count). The van der Waals surface area contributed by atoms with Gasteiger partial charge in [-0.15, -0.1) is 0 Å². The number of hydrogen-bond donors (Lipinski definition) is 2. The van der Waals surface area contributed by atoms with Crippen molar-refractivity contribution in [3.8, 4) is 0 Å². The van der Waals surface area contributed by atoms with Gasteiger partial charge in [0.1, 0.15) is 0 Å². The van der Waals surface area contributed by atoms with Crippen molar-refractivity contribution in [1.29, 1.82) is 0 Å². The van der Waals surface area contributed by atoms with Crippen LogP contribution >= 0.6 is 0 Å². The zero-order chi connectivity index (χ0) is 21.4. The van der Waals surface area contributed by atoms with E-state index in [0.29, 0.717) is 17.8 Å². The van der Waals surface area contributed by atoms with Crippen LogP contribution in [-0.2, 0) is 10.0 Å². The number of nitrogens with zero attached hydrogens (tertiary/aromatic N) is 1. The van der Waals surface area contributed by atoms with Gasteiger partial charge < -0.3 is 10.2 Å². The van der Waals surface area contributed by atoms with Gasteiger partial charge in [0.2, 0.25) is 0 Å². The van der Waals surface area contributed by atoms with Gasteiger partial charge >= 0.3 is 0 Å². The molecule has 2 N–H and O–H groups in total. The Labute approximate surface area is 179 Å². The summed E-state index contributed by atoms with van der Waals surface area (Å²) in [6, 6.07) is 13.3. The van der Waals surface area contributed by atoms with Crippen molar-refractivity contribution in [3.05, 3.63) is 59.7 Å². The summed E-state index contributed by atoms with van der Waals surface area (Å²) < 4.78 is 27.8. The van der Waals surface area contributed by atoms with Crippen molar-refractivity contribution in [2.75, 3.05) is 30.9 Å². The Morgan fingerprint density at radius 3 is 2.40 bits per heavy atom. The number of amides is 1. The predicted octanol–water partition coefficient (Wildman–Crippen LogP) is 3.79. The number of anilines is 1. The Kier molecular flexibility index (Phi) is 7.87. The van der Waals surface area contributed by atoms with Crippen molar-refractivity contribution in [2.24, 2.45) is 0 Å². The summed E-state index contributed by atoms with van der Waals surface area (Å²) in [6.45, 7) is 5.71. The van der Waals surface area contributed by atoms with E-state index in [1.165, 1.54) is 25.7 Å². The highest BCUT2D eigenvalue weighted by Gasteiger charge is 2.16. The third kappa shape index (κ3) is 6.31. The topological polar surface area (TPSA) is 78.5 Å². The number of benzene rings is 2. The average Bonchev–Trinajstić information content (AvgIpc) is 3.02. The Balaban J connectivity index is 1.56. The lowest BCUT2D eigenvalue weighted by Gasteiger charge is -2.19. The van der Waals surface area contributed by atoms with Crippen molar-refractivity contribution < 1.29 is 13.2 Å². The smallest absolute Gasteiger partial charge is 0.261 e. The molecule has 7 heteroatoms. The first kappa shape index (κ1) is 22.3. The SMILES string of the molecule is Cc1ccc(C(=O)NCCCN2CCCCCC2)cc1NS(=O)(=O)c1ccccc1. The molecule has 6 nitrogen and oxygen atoms in total. The van der Waals surface area contributed by atoms with Crippen molar-refractivity contribution >= 4 is 21.6 Å². The lowest BCUT2D eigenvalue weighted by Crippen LogP contribution is -2.30. The molecule has 1 amide bonds. The van der Waals surface area contributed by atoms with Gasteiger partial charge in [0, 0.05) is 12.1 Å². The molecular formula is C23H31N3O3S. The number of likely N-dealkylation sites (tertiary alicyclic amines) is 1. The van der Waals surface area contributed by atoms with Crippen molar-refractivity contribution in [3.63, 3.8) is 0 Å². The maximum Gasteiger partial charge on any atom is 0.261 e. The molecule has 2 aromatic carbocycles. The van der Waals surface area contributed by atoms with Gasteiger partial charge in [-0.1, -0.05) is 37.1 Å². The zero-order valence-corrected chi connectivity index (χ0v) is 18.4. The van der Waals surface area contributed by atoms with Crippen molar-refractivity contribution in [2.45, 2.75) is 43.9 Å². The van der Waals surface area contributed by atoms with Gasteiger partial charge in [0.25, 0.3) is 15.9 Å². The summed E-state index contributed by atoms with van der Waals surface area (Å²) in [4.78, 5) is 15.2. The number of rotatable bonds is 8. The number of carbonyl (C=O) groups excluding carboxylic acids is 1. The van der Waals surface area contributed by atoms with Crippen LogP contribution in [0.25, 0.3) is 0 Å². The summed E-state index contributed by atoms with van der Waals surface area (Å²) in [6.07, 6.45) is 6.06. The van der Waals surface area contributed by atoms with E-state index < -0.39 is 10.0 Å². The van der Waals surface area contributed by atoms with Crippen LogP contribution in [0.1, 0.15) is 48.0 Å². The van der Waals surface area contributed by atoms with Gasteiger partial charge in [-0.05, 0) is 75.6 Å². The first-order valence-corrected chi connectivity index (χ1v) is 12.1. The standard InChI is InChI=1S/C23H31N3O3S/c1-19-12-13-20(18-22(19)25-30(28,29)21-10-5-4-6-11-21)23(27)24-14-9-17-26-15-7-2-3-8-16-26/h4-6,10-13,18,25H,2-3,7-9,14-17H2,1H3,(H,24,27). The lowest BCUT2D eigenvalue weighted by atomic mass is 10.1. The van der Waals surface area contributed by atoms with Gasteiger partial charge in [-0.3, -0.25) is 9.52 Å². The van der Waals surface area contributed by atoms with E-state index in [4.69, 9.17) is 0 Å². The summed E-state index contributed by atoms with van der Waals surface area (Å²) in [5.41, 5.74) is 1.62. The van der Waals surface area contributed by atoms with Gasteiger partial charge in [0.15, 0.2) is 0 Å². The average molecular weight is 430 g/mol. The van der Waals surface area contributed by atoms with Crippen LogP contribution in [-0.4, -0.2) is 45.4 Å². The van der Waals surface area contributed by atoms with Gasteiger partial charge in [0.05, 0.1) is 10.6 Å². The van der Waals surface area contributed by atoms with E-state index in [2.05, 4.69) is 14.9 Å². The highest BCUT2D eigenvalue weighted by Crippen LogP contribution is 2.21. The predicted molar refractivity (Wildman–Crippen MR) is 120 cm³/mol. The molecule has 0 radical (unpaired) electrons. The van der Waals surface area contributed by atoms with E-state index in [9.17, 15) is 13.2 Å². The van der Waals surface area contributed by atoms with E-state index >= 15 is 0 Å². The molecule has 1 saturated heterocycles. The fourth-order valence-corrected chi connectivity index (χ4v) is 4.79. The minimum Gasteiger partial charge on any atom is -0.352 e. The first-order valence-electron chi connectivity index (χ1n) is 10.6. The molecule has 0 spiro atoms. The molecule has 1 aliphatic heterocycles. The molecule has 1 heterocycles. The molecule has 0 atom stereocenters. The zero-order valence-electron chi connectivity index (χ0n) is 17.6. The van der Waals surface area contributed by atoms with Crippen molar-refractivity contribution in [1.82, 2.24) is 10.2 Å². The van der Waals surface area contributed by atoms with Crippen LogP contribution in [0.3, 0.4) is 0 Å². The Morgan fingerprint density at radius 1 is 1.00 bits per heavy atom. The molecule has 162 valence electrons. The number of aryl methyl sites for hydroxylation is 1. The molecule has 0 aromatic heterocycles. The molecule has 2 aromatic rings. The maximum atomic E-state index is 12.6. The highest BCUT2D eigenvalue weighted by molar-refractivity contribution is 7.92.